The van der Waals surface area contributed by atoms with E-state index in [2.05, 4.69) is 10.2 Å². The van der Waals surface area contributed by atoms with E-state index in [1.54, 1.807) is 30.2 Å². The number of hydrogen-bond donors (Lipinski definition) is 1. The molecule has 7 heteroatoms. The molecule has 3 aromatic carbocycles. The molecule has 0 radical (unpaired) electrons. The number of nitrogens with zero attached hydrogens (tertiary/aromatic N) is 2. The summed E-state index contributed by atoms with van der Waals surface area (Å²) in [6, 6.07) is 20.6. The molecule has 2 atom stereocenters. The Morgan fingerprint density at radius 1 is 0.950 bits per heavy atom. The summed E-state index contributed by atoms with van der Waals surface area (Å²) < 4.78 is 19.0. The SMILES string of the molecule is COc1ccc([C@H]2[C@@H](C(=O)NCCCN3CCCCCC3)c3ccccc3C(=O)N2Cc2ccc(F)cc2)cc1. The summed E-state index contributed by atoms with van der Waals surface area (Å²) in [7, 11) is 1.61. The molecule has 40 heavy (non-hydrogen) atoms. The number of carbonyl (C=O) groups excluding carboxylic acids is 2. The zero-order valence-electron chi connectivity index (χ0n) is 23.2. The minimum Gasteiger partial charge on any atom is -0.497 e. The monoisotopic (exact) mass is 543 g/mol. The first-order valence-electron chi connectivity index (χ1n) is 14.3. The lowest BCUT2D eigenvalue weighted by atomic mass is 9.79. The van der Waals surface area contributed by atoms with E-state index >= 15 is 0 Å². The van der Waals surface area contributed by atoms with Gasteiger partial charge in [0, 0.05) is 18.7 Å². The first-order chi connectivity index (χ1) is 19.5. The minimum absolute atomic E-state index is 0.0965. The van der Waals surface area contributed by atoms with Crippen molar-refractivity contribution in [2.45, 2.75) is 50.6 Å². The van der Waals surface area contributed by atoms with Gasteiger partial charge in [-0.3, -0.25) is 9.59 Å². The molecular formula is C33H38FN3O3. The smallest absolute Gasteiger partial charge is 0.255 e. The predicted octanol–water partition coefficient (Wildman–Crippen LogP) is 5.70. The number of amides is 2. The Labute approximate surface area is 236 Å². The van der Waals surface area contributed by atoms with Crippen LogP contribution in [-0.2, 0) is 11.3 Å². The Hall–Kier alpha value is -3.71. The molecule has 3 aromatic rings. The number of hydrogen-bond acceptors (Lipinski definition) is 4. The van der Waals surface area contributed by atoms with E-state index in [9.17, 15) is 14.0 Å². The number of benzene rings is 3. The van der Waals surface area contributed by atoms with Gasteiger partial charge in [0.05, 0.1) is 19.1 Å². The standard InChI is InChI=1S/C33H38FN3O3/c1-40-27-17-13-25(14-18-27)31-30(32(38)35-19-8-22-36-20-6-2-3-7-21-36)28-9-4-5-10-29(28)33(39)37(31)23-24-11-15-26(34)16-12-24/h4-5,9-18,30-31H,2-3,6-8,19-23H2,1H3,(H,35,38)/t30-,31-/m0/s1. The van der Waals surface area contributed by atoms with E-state index in [1.807, 2.05) is 42.5 Å². The van der Waals surface area contributed by atoms with Gasteiger partial charge in [-0.05, 0) is 85.9 Å². The van der Waals surface area contributed by atoms with Crippen LogP contribution in [0.25, 0.3) is 0 Å². The quantitative estimate of drug-likeness (QED) is 0.352. The van der Waals surface area contributed by atoms with Crippen LogP contribution < -0.4 is 10.1 Å². The van der Waals surface area contributed by atoms with E-state index in [4.69, 9.17) is 4.74 Å². The van der Waals surface area contributed by atoms with Gasteiger partial charge in [-0.15, -0.1) is 0 Å². The molecule has 2 aliphatic heterocycles. The van der Waals surface area contributed by atoms with Gasteiger partial charge in [0.15, 0.2) is 0 Å². The summed E-state index contributed by atoms with van der Waals surface area (Å²) >= 11 is 0. The number of nitrogens with one attached hydrogen (secondary N) is 1. The number of rotatable bonds is 9. The molecule has 2 heterocycles. The van der Waals surface area contributed by atoms with E-state index in [-0.39, 0.29) is 24.2 Å². The highest BCUT2D eigenvalue weighted by atomic mass is 19.1. The summed E-state index contributed by atoms with van der Waals surface area (Å²) in [5.74, 6) is -0.471. The zero-order valence-corrected chi connectivity index (χ0v) is 23.2. The van der Waals surface area contributed by atoms with Gasteiger partial charge in [-0.2, -0.15) is 0 Å². The van der Waals surface area contributed by atoms with E-state index in [1.165, 1.54) is 37.8 Å². The number of likely N-dealkylation sites (tertiary alicyclic amines) is 1. The van der Waals surface area contributed by atoms with Crippen LogP contribution in [0.1, 0.15) is 71.1 Å². The van der Waals surface area contributed by atoms with E-state index < -0.39 is 12.0 Å². The van der Waals surface area contributed by atoms with Crippen molar-refractivity contribution in [2.75, 3.05) is 33.3 Å². The topological polar surface area (TPSA) is 61.9 Å². The van der Waals surface area contributed by atoms with Gasteiger partial charge in [0.2, 0.25) is 5.91 Å². The highest BCUT2D eigenvalue weighted by Crippen LogP contribution is 2.44. The average molecular weight is 544 g/mol. The second-order valence-electron chi connectivity index (χ2n) is 10.7. The lowest BCUT2D eigenvalue weighted by Gasteiger charge is -2.42. The van der Waals surface area contributed by atoms with Crippen molar-refractivity contribution in [3.8, 4) is 5.75 Å². The largest absolute Gasteiger partial charge is 0.497 e. The minimum atomic E-state index is -0.596. The highest BCUT2D eigenvalue weighted by molar-refractivity contribution is 6.01. The summed E-state index contributed by atoms with van der Waals surface area (Å²) in [5, 5.41) is 3.20. The molecule has 1 N–H and O–H groups in total. The Balaban J connectivity index is 1.44. The van der Waals surface area contributed by atoms with Gasteiger partial charge in [0.1, 0.15) is 11.6 Å². The number of carbonyl (C=O) groups is 2. The Bertz CT molecular complexity index is 1290. The van der Waals surface area contributed by atoms with Gasteiger partial charge in [-0.1, -0.05) is 55.3 Å². The molecule has 0 aromatic heterocycles. The van der Waals surface area contributed by atoms with Crippen molar-refractivity contribution < 1.29 is 18.7 Å². The molecule has 2 amide bonds. The maximum Gasteiger partial charge on any atom is 0.255 e. The van der Waals surface area contributed by atoms with Crippen molar-refractivity contribution in [3.63, 3.8) is 0 Å². The molecule has 2 aliphatic rings. The molecule has 0 spiro atoms. The lowest BCUT2D eigenvalue weighted by molar-refractivity contribution is -0.124. The van der Waals surface area contributed by atoms with Crippen molar-refractivity contribution in [1.29, 1.82) is 0 Å². The first-order valence-corrected chi connectivity index (χ1v) is 14.3. The fourth-order valence-corrected chi connectivity index (χ4v) is 5.99. The van der Waals surface area contributed by atoms with E-state index in [0.717, 1.165) is 42.7 Å². The fraction of sp³-hybridized carbons (Fsp3) is 0.394. The lowest BCUT2D eigenvalue weighted by Crippen LogP contribution is -2.47. The number of ether oxygens (including phenoxy) is 1. The van der Waals surface area contributed by atoms with Crippen molar-refractivity contribution in [1.82, 2.24) is 15.1 Å². The summed E-state index contributed by atoms with van der Waals surface area (Å²) in [5.41, 5.74) is 2.90. The molecule has 5 rings (SSSR count). The highest BCUT2D eigenvalue weighted by Gasteiger charge is 2.44. The van der Waals surface area contributed by atoms with Crippen LogP contribution in [-0.4, -0.2) is 54.9 Å². The molecule has 210 valence electrons. The number of halogens is 1. The average Bonchev–Trinajstić information content (AvgIpc) is 3.26. The Morgan fingerprint density at radius 3 is 2.35 bits per heavy atom. The number of methoxy groups -OCH3 is 1. The molecular weight excluding hydrogens is 505 g/mol. The maximum atomic E-state index is 14.0. The molecule has 0 aliphatic carbocycles. The normalized spacial score (nSPS) is 19.6. The molecule has 0 saturated carbocycles. The summed E-state index contributed by atoms with van der Waals surface area (Å²) in [6.45, 7) is 4.06. The van der Waals surface area contributed by atoms with Crippen molar-refractivity contribution in [3.05, 3.63) is 101 Å². The molecule has 6 nitrogen and oxygen atoms in total. The van der Waals surface area contributed by atoms with Crippen LogP contribution in [0.2, 0.25) is 0 Å². The van der Waals surface area contributed by atoms with Crippen LogP contribution in [0.5, 0.6) is 5.75 Å². The molecule has 0 bridgehead atoms. The van der Waals surface area contributed by atoms with Crippen LogP contribution >= 0.6 is 0 Å². The van der Waals surface area contributed by atoms with Gasteiger partial charge in [0.25, 0.3) is 5.91 Å². The fourth-order valence-electron chi connectivity index (χ4n) is 5.99. The maximum absolute atomic E-state index is 14.0. The third-order valence-corrected chi connectivity index (χ3v) is 8.09. The number of fused-ring (bicyclic) bond motifs is 1. The third kappa shape index (κ3) is 6.36. The third-order valence-electron chi connectivity index (χ3n) is 8.09. The Morgan fingerprint density at radius 2 is 1.65 bits per heavy atom. The van der Waals surface area contributed by atoms with Crippen molar-refractivity contribution in [2.24, 2.45) is 0 Å². The second-order valence-corrected chi connectivity index (χ2v) is 10.7. The molecule has 0 unspecified atom stereocenters. The van der Waals surface area contributed by atoms with Crippen LogP contribution in [0.4, 0.5) is 4.39 Å². The Kier molecular flexibility index (Phi) is 9.12. The van der Waals surface area contributed by atoms with Gasteiger partial charge >= 0.3 is 0 Å². The molecule has 1 fully saturated rings. The van der Waals surface area contributed by atoms with Crippen molar-refractivity contribution >= 4 is 11.8 Å². The predicted molar refractivity (Wildman–Crippen MR) is 154 cm³/mol. The van der Waals surface area contributed by atoms with Crippen LogP contribution in [0.15, 0.2) is 72.8 Å². The summed E-state index contributed by atoms with van der Waals surface area (Å²) in [4.78, 5) is 32.1. The van der Waals surface area contributed by atoms with Gasteiger partial charge in [-0.25, -0.2) is 4.39 Å². The van der Waals surface area contributed by atoms with E-state index in [0.29, 0.717) is 17.9 Å². The van der Waals surface area contributed by atoms with Crippen LogP contribution in [0, 0.1) is 5.82 Å². The second kappa shape index (κ2) is 13.1. The zero-order chi connectivity index (χ0) is 27.9. The summed E-state index contributed by atoms with van der Waals surface area (Å²) in [6.07, 6.45) is 5.97. The van der Waals surface area contributed by atoms with Gasteiger partial charge < -0.3 is 19.9 Å². The van der Waals surface area contributed by atoms with Crippen LogP contribution in [0.3, 0.4) is 0 Å². The molecule has 1 saturated heterocycles. The first kappa shape index (κ1) is 27.8.